The molecule has 0 atom stereocenters. The summed E-state index contributed by atoms with van der Waals surface area (Å²) in [6, 6.07) is 4.94. The molecule has 0 aliphatic rings. The van der Waals surface area contributed by atoms with Crippen LogP contribution in [0.2, 0.25) is 0 Å². The molecule has 0 bridgehead atoms. The highest BCUT2D eigenvalue weighted by molar-refractivity contribution is 7.89. The second-order valence-electron chi connectivity index (χ2n) is 5.85. The Labute approximate surface area is 153 Å². The standard InChI is InChI=1S/C17H25N3O3S2/c1-4-7-16(21)19-17-18-14-9-8-13(12-15(14)24-17)25(22,23)20(10-5-2)11-6-3/h8-9,12H,4-7,10-11H2,1-3H3,(H,18,19,21). The molecule has 0 saturated heterocycles. The number of nitrogens with one attached hydrogen (secondary N) is 1. The van der Waals surface area contributed by atoms with Gasteiger partial charge in [-0.25, -0.2) is 13.4 Å². The highest BCUT2D eigenvalue weighted by Gasteiger charge is 2.23. The lowest BCUT2D eigenvalue weighted by Gasteiger charge is -2.20. The van der Waals surface area contributed by atoms with E-state index >= 15 is 0 Å². The van der Waals surface area contributed by atoms with Crippen LogP contribution in [0, 0.1) is 0 Å². The number of benzene rings is 1. The van der Waals surface area contributed by atoms with Crippen LogP contribution in [0.15, 0.2) is 23.1 Å². The summed E-state index contributed by atoms with van der Waals surface area (Å²) in [7, 11) is -3.51. The molecular weight excluding hydrogens is 358 g/mol. The number of thiazole rings is 1. The quantitative estimate of drug-likeness (QED) is 0.713. The van der Waals surface area contributed by atoms with Crippen LogP contribution in [0.5, 0.6) is 0 Å². The van der Waals surface area contributed by atoms with Gasteiger partial charge in [0.2, 0.25) is 15.9 Å². The molecule has 6 nitrogen and oxygen atoms in total. The highest BCUT2D eigenvalue weighted by Crippen LogP contribution is 2.29. The first-order valence-corrected chi connectivity index (χ1v) is 10.9. The number of anilines is 1. The van der Waals surface area contributed by atoms with Gasteiger partial charge in [0.25, 0.3) is 0 Å². The topological polar surface area (TPSA) is 79.4 Å². The maximum Gasteiger partial charge on any atom is 0.243 e. The Hall–Kier alpha value is -1.51. The van der Waals surface area contributed by atoms with E-state index in [2.05, 4.69) is 10.3 Å². The van der Waals surface area contributed by atoms with Crippen molar-refractivity contribution in [1.82, 2.24) is 9.29 Å². The Balaban J connectivity index is 2.32. The van der Waals surface area contributed by atoms with Gasteiger partial charge in [0.1, 0.15) is 0 Å². The minimum absolute atomic E-state index is 0.0773. The van der Waals surface area contributed by atoms with E-state index in [1.165, 1.54) is 15.6 Å². The van der Waals surface area contributed by atoms with Crippen LogP contribution in [0.1, 0.15) is 46.5 Å². The number of carbonyl (C=O) groups excluding carboxylic acids is 1. The van der Waals surface area contributed by atoms with E-state index in [4.69, 9.17) is 0 Å². The third-order valence-corrected chi connectivity index (χ3v) is 6.50. The maximum atomic E-state index is 12.9. The van der Waals surface area contributed by atoms with Crippen LogP contribution in [0.4, 0.5) is 5.13 Å². The number of hydrogen-bond donors (Lipinski definition) is 1. The zero-order valence-corrected chi connectivity index (χ0v) is 16.5. The molecule has 8 heteroatoms. The molecule has 0 saturated carbocycles. The van der Waals surface area contributed by atoms with Crippen LogP contribution in [0.25, 0.3) is 10.2 Å². The summed E-state index contributed by atoms with van der Waals surface area (Å²) in [5, 5.41) is 3.26. The van der Waals surface area contributed by atoms with E-state index < -0.39 is 10.0 Å². The van der Waals surface area contributed by atoms with E-state index in [1.54, 1.807) is 18.2 Å². The van der Waals surface area contributed by atoms with Gasteiger partial charge in [-0.15, -0.1) is 0 Å². The summed E-state index contributed by atoms with van der Waals surface area (Å²) >= 11 is 1.29. The van der Waals surface area contributed by atoms with Gasteiger partial charge in [-0.1, -0.05) is 32.1 Å². The molecule has 0 spiro atoms. The molecule has 1 amide bonds. The van der Waals surface area contributed by atoms with Crippen molar-refractivity contribution in [1.29, 1.82) is 0 Å². The average molecular weight is 384 g/mol. The number of fused-ring (bicyclic) bond motifs is 1. The molecule has 138 valence electrons. The molecule has 2 rings (SSSR count). The summed E-state index contributed by atoms with van der Waals surface area (Å²) in [6.07, 6.45) is 2.76. The predicted octanol–water partition coefficient (Wildman–Crippen LogP) is 3.85. The van der Waals surface area contributed by atoms with Crippen LogP contribution >= 0.6 is 11.3 Å². The van der Waals surface area contributed by atoms with Gasteiger partial charge in [0, 0.05) is 19.5 Å². The van der Waals surface area contributed by atoms with Crippen LogP contribution in [-0.2, 0) is 14.8 Å². The molecule has 0 fully saturated rings. The Morgan fingerprint density at radius 1 is 1.16 bits per heavy atom. The Bertz CT molecular complexity index is 825. The van der Waals surface area contributed by atoms with Gasteiger partial charge in [-0.05, 0) is 37.5 Å². The third-order valence-electron chi connectivity index (χ3n) is 3.67. The van der Waals surface area contributed by atoms with Gasteiger partial charge in [0.15, 0.2) is 5.13 Å². The maximum absolute atomic E-state index is 12.9. The summed E-state index contributed by atoms with van der Waals surface area (Å²) in [5.74, 6) is -0.0773. The number of hydrogen-bond acceptors (Lipinski definition) is 5. The first-order chi connectivity index (χ1) is 11.9. The number of nitrogens with zero attached hydrogens (tertiary/aromatic N) is 2. The summed E-state index contributed by atoms with van der Waals surface area (Å²) in [5.41, 5.74) is 0.688. The third kappa shape index (κ3) is 4.77. The Morgan fingerprint density at radius 2 is 1.84 bits per heavy atom. The number of rotatable bonds is 9. The molecule has 25 heavy (non-hydrogen) atoms. The number of carbonyl (C=O) groups is 1. The first kappa shape index (κ1) is 19.8. The minimum Gasteiger partial charge on any atom is -0.302 e. The van der Waals surface area contributed by atoms with Gasteiger partial charge < -0.3 is 5.32 Å². The summed E-state index contributed by atoms with van der Waals surface area (Å²) < 4.78 is 28.0. The van der Waals surface area contributed by atoms with Gasteiger partial charge in [0.05, 0.1) is 15.1 Å². The number of aromatic nitrogens is 1. The largest absolute Gasteiger partial charge is 0.302 e. The lowest BCUT2D eigenvalue weighted by molar-refractivity contribution is -0.116. The monoisotopic (exact) mass is 383 g/mol. The fraction of sp³-hybridized carbons (Fsp3) is 0.529. The van der Waals surface area contributed by atoms with Crippen molar-refractivity contribution in [3.8, 4) is 0 Å². The molecule has 0 aliphatic carbocycles. The molecule has 0 aliphatic heterocycles. The first-order valence-electron chi connectivity index (χ1n) is 8.62. The molecule has 1 aromatic carbocycles. The molecule has 1 heterocycles. The highest BCUT2D eigenvalue weighted by atomic mass is 32.2. The lowest BCUT2D eigenvalue weighted by Crippen LogP contribution is -2.32. The Kier molecular flexibility index (Phi) is 6.92. The van der Waals surface area contributed by atoms with Crippen molar-refractivity contribution in [3.63, 3.8) is 0 Å². The van der Waals surface area contributed by atoms with Gasteiger partial charge in [-0.3, -0.25) is 4.79 Å². The number of amides is 1. The fourth-order valence-electron chi connectivity index (χ4n) is 2.53. The van der Waals surface area contributed by atoms with Gasteiger partial charge >= 0.3 is 0 Å². The van der Waals surface area contributed by atoms with E-state index in [9.17, 15) is 13.2 Å². The number of sulfonamides is 1. The van der Waals surface area contributed by atoms with Gasteiger partial charge in [-0.2, -0.15) is 4.31 Å². The lowest BCUT2D eigenvalue weighted by atomic mass is 10.3. The molecular formula is C17H25N3O3S2. The van der Waals surface area contributed by atoms with Crippen LogP contribution < -0.4 is 5.32 Å². The molecule has 2 aromatic rings. The van der Waals surface area contributed by atoms with E-state index in [1.807, 2.05) is 20.8 Å². The van der Waals surface area contributed by atoms with Crippen molar-refractivity contribution in [2.24, 2.45) is 0 Å². The summed E-state index contributed by atoms with van der Waals surface area (Å²) in [4.78, 5) is 16.3. The molecule has 0 unspecified atom stereocenters. The SMILES string of the molecule is CCCC(=O)Nc1nc2ccc(S(=O)(=O)N(CCC)CCC)cc2s1. The Morgan fingerprint density at radius 3 is 2.44 bits per heavy atom. The predicted molar refractivity (Wildman–Crippen MR) is 102 cm³/mol. The normalized spacial score (nSPS) is 12.0. The van der Waals surface area contributed by atoms with E-state index in [0.29, 0.717) is 30.2 Å². The van der Waals surface area contributed by atoms with Crippen molar-refractivity contribution in [3.05, 3.63) is 18.2 Å². The van der Waals surface area contributed by atoms with Crippen molar-refractivity contribution < 1.29 is 13.2 Å². The summed E-state index contributed by atoms with van der Waals surface area (Å²) in [6.45, 7) is 6.89. The van der Waals surface area contributed by atoms with E-state index in [-0.39, 0.29) is 10.8 Å². The van der Waals surface area contributed by atoms with Crippen molar-refractivity contribution in [2.45, 2.75) is 51.3 Å². The van der Waals surface area contributed by atoms with E-state index in [0.717, 1.165) is 24.0 Å². The zero-order chi connectivity index (χ0) is 18.4. The zero-order valence-electron chi connectivity index (χ0n) is 14.9. The van der Waals surface area contributed by atoms with Crippen molar-refractivity contribution >= 4 is 42.6 Å². The van der Waals surface area contributed by atoms with Crippen LogP contribution in [0.3, 0.4) is 0 Å². The molecule has 1 aromatic heterocycles. The molecule has 1 N–H and O–H groups in total. The fourth-order valence-corrected chi connectivity index (χ4v) is 5.17. The second-order valence-corrected chi connectivity index (χ2v) is 8.82. The molecule has 0 radical (unpaired) electrons. The van der Waals surface area contributed by atoms with Crippen LogP contribution in [-0.4, -0.2) is 36.7 Å². The smallest absolute Gasteiger partial charge is 0.243 e. The average Bonchev–Trinajstić information content (AvgIpc) is 2.95. The second kappa shape index (κ2) is 8.73. The minimum atomic E-state index is -3.51. The van der Waals surface area contributed by atoms with Crippen molar-refractivity contribution in [2.75, 3.05) is 18.4 Å².